The zero-order valence-corrected chi connectivity index (χ0v) is 12.1. The number of nitrogens with one attached hydrogen (secondary N) is 1. The van der Waals surface area contributed by atoms with E-state index in [0.717, 1.165) is 29.2 Å². The summed E-state index contributed by atoms with van der Waals surface area (Å²) in [6.45, 7) is 4.55. The topological polar surface area (TPSA) is 29.1 Å². The maximum atomic E-state index is 12.5. The van der Waals surface area contributed by atoms with Crippen LogP contribution in [0.15, 0.2) is 42.5 Å². The first-order valence-electron chi connectivity index (χ1n) is 7.34. The molecule has 1 amide bonds. The van der Waals surface area contributed by atoms with Gasteiger partial charge in [-0.3, -0.25) is 4.79 Å². The van der Waals surface area contributed by atoms with Crippen molar-refractivity contribution in [3.05, 3.63) is 48.0 Å². The average Bonchev–Trinajstić information content (AvgIpc) is 2.77. The van der Waals surface area contributed by atoms with Gasteiger partial charge in [0.25, 0.3) is 5.91 Å². The minimum absolute atomic E-state index is 0.0597. The molecule has 0 aliphatic heterocycles. The van der Waals surface area contributed by atoms with Gasteiger partial charge in [0, 0.05) is 11.6 Å². The normalized spacial score (nSPS) is 21.0. The third-order valence-corrected chi connectivity index (χ3v) is 4.34. The summed E-state index contributed by atoms with van der Waals surface area (Å²) in [5.41, 5.74) is 1.14. The lowest BCUT2D eigenvalue weighted by Gasteiger charge is -2.18. The van der Waals surface area contributed by atoms with E-state index >= 15 is 0 Å². The number of hydrogen-bond donors (Lipinski definition) is 1. The van der Waals surface area contributed by atoms with Crippen molar-refractivity contribution in [1.82, 2.24) is 5.32 Å². The Hall–Kier alpha value is -1.83. The van der Waals surface area contributed by atoms with Crippen molar-refractivity contribution in [2.24, 2.45) is 5.41 Å². The average molecular weight is 267 g/mol. The quantitative estimate of drug-likeness (QED) is 0.870. The molecule has 1 saturated carbocycles. The highest BCUT2D eigenvalue weighted by Gasteiger charge is 2.31. The van der Waals surface area contributed by atoms with E-state index in [1.807, 2.05) is 42.5 Å². The van der Waals surface area contributed by atoms with Gasteiger partial charge in [0.05, 0.1) is 0 Å². The molecule has 0 saturated heterocycles. The van der Waals surface area contributed by atoms with Gasteiger partial charge in [-0.05, 0) is 41.5 Å². The number of rotatable bonds is 2. The zero-order valence-electron chi connectivity index (χ0n) is 12.1. The minimum Gasteiger partial charge on any atom is -0.349 e. The van der Waals surface area contributed by atoms with Gasteiger partial charge in [0.15, 0.2) is 0 Å². The molecule has 2 aromatic carbocycles. The third-order valence-electron chi connectivity index (χ3n) is 4.34. The largest absolute Gasteiger partial charge is 0.349 e. The van der Waals surface area contributed by atoms with E-state index in [1.165, 1.54) is 6.42 Å². The molecular weight excluding hydrogens is 246 g/mol. The molecule has 2 nitrogen and oxygen atoms in total. The Bertz CT molecular complexity index is 639. The lowest BCUT2D eigenvalue weighted by atomic mass is 9.92. The SMILES string of the molecule is CC1(C)CCC(NC(=O)c2cccc3ccccc23)C1. The summed E-state index contributed by atoms with van der Waals surface area (Å²) in [4.78, 5) is 12.5. The van der Waals surface area contributed by atoms with E-state index < -0.39 is 0 Å². The Morgan fingerprint density at radius 2 is 1.90 bits per heavy atom. The van der Waals surface area contributed by atoms with Crippen molar-refractivity contribution in [2.75, 3.05) is 0 Å². The molecule has 104 valence electrons. The van der Waals surface area contributed by atoms with Crippen molar-refractivity contribution in [1.29, 1.82) is 0 Å². The number of carbonyl (C=O) groups excluding carboxylic acids is 1. The molecule has 3 rings (SSSR count). The first-order chi connectivity index (χ1) is 9.55. The molecule has 2 aromatic rings. The fourth-order valence-corrected chi connectivity index (χ4v) is 3.25. The Balaban J connectivity index is 1.83. The fraction of sp³-hybridized carbons (Fsp3) is 0.389. The van der Waals surface area contributed by atoms with E-state index in [4.69, 9.17) is 0 Å². The van der Waals surface area contributed by atoms with Crippen LogP contribution in [0, 0.1) is 5.41 Å². The van der Waals surface area contributed by atoms with Crippen molar-refractivity contribution in [3.8, 4) is 0 Å². The van der Waals surface area contributed by atoms with Gasteiger partial charge >= 0.3 is 0 Å². The van der Waals surface area contributed by atoms with Crippen LogP contribution >= 0.6 is 0 Å². The van der Waals surface area contributed by atoms with Gasteiger partial charge in [-0.1, -0.05) is 50.2 Å². The molecule has 1 fully saturated rings. The highest BCUT2D eigenvalue weighted by Crippen LogP contribution is 2.37. The van der Waals surface area contributed by atoms with Crippen LogP contribution in [0.1, 0.15) is 43.5 Å². The van der Waals surface area contributed by atoms with E-state index in [9.17, 15) is 4.79 Å². The number of amides is 1. The van der Waals surface area contributed by atoms with Crippen LogP contribution in [0.25, 0.3) is 10.8 Å². The maximum Gasteiger partial charge on any atom is 0.252 e. The molecule has 1 aliphatic carbocycles. The standard InChI is InChI=1S/C18H21NO/c1-18(2)11-10-14(12-18)19-17(20)16-9-5-7-13-6-3-4-8-15(13)16/h3-9,14H,10-12H2,1-2H3,(H,19,20). The van der Waals surface area contributed by atoms with Crippen LogP contribution in [0.2, 0.25) is 0 Å². The van der Waals surface area contributed by atoms with Gasteiger partial charge in [-0.15, -0.1) is 0 Å². The molecule has 1 N–H and O–H groups in total. The molecule has 1 atom stereocenters. The molecule has 1 aliphatic rings. The van der Waals surface area contributed by atoms with Crippen molar-refractivity contribution >= 4 is 16.7 Å². The predicted octanol–water partition coefficient (Wildman–Crippen LogP) is 4.15. The second kappa shape index (κ2) is 4.93. The van der Waals surface area contributed by atoms with Gasteiger partial charge in [-0.2, -0.15) is 0 Å². The Morgan fingerprint density at radius 3 is 2.65 bits per heavy atom. The Labute approximate surface area is 120 Å². The van der Waals surface area contributed by atoms with Crippen LogP contribution in [0.3, 0.4) is 0 Å². The zero-order chi connectivity index (χ0) is 14.2. The highest BCUT2D eigenvalue weighted by molar-refractivity contribution is 6.07. The van der Waals surface area contributed by atoms with Gasteiger partial charge in [-0.25, -0.2) is 0 Å². The number of benzene rings is 2. The van der Waals surface area contributed by atoms with Crippen molar-refractivity contribution < 1.29 is 4.79 Å². The van der Waals surface area contributed by atoms with Gasteiger partial charge < -0.3 is 5.32 Å². The van der Waals surface area contributed by atoms with Crippen molar-refractivity contribution in [2.45, 2.75) is 39.2 Å². The second-order valence-corrected chi connectivity index (χ2v) is 6.60. The Morgan fingerprint density at radius 1 is 1.15 bits per heavy atom. The predicted molar refractivity (Wildman–Crippen MR) is 82.8 cm³/mol. The maximum absolute atomic E-state index is 12.5. The van der Waals surface area contributed by atoms with Crippen LogP contribution in [0.4, 0.5) is 0 Å². The summed E-state index contributed by atoms with van der Waals surface area (Å²) in [7, 11) is 0. The van der Waals surface area contributed by atoms with Gasteiger partial charge in [0.2, 0.25) is 0 Å². The summed E-state index contributed by atoms with van der Waals surface area (Å²) in [6, 6.07) is 14.3. The molecule has 2 heteroatoms. The monoisotopic (exact) mass is 267 g/mol. The first kappa shape index (κ1) is 13.2. The molecular formula is C18H21NO. The summed E-state index contributed by atoms with van der Waals surface area (Å²) in [5.74, 6) is 0.0597. The summed E-state index contributed by atoms with van der Waals surface area (Å²) in [5, 5.41) is 5.35. The van der Waals surface area contributed by atoms with Crippen molar-refractivity contribution in [3.63, 3.8) is 0 Å². The lowest BCUT2D eigenvalue weighted by molar-refractivity contribution is 0.0937. The third kappa shape index (κ3) is 2.55. The van der Waals surface area contributed by atoms with Crippen LogP contribution in [-0.2, 0) is 0 Å². The molecule has 0 heterocycles. The number of carbonyl (C=O) groups is 1. The molecule has 0 aromatic heterocycles. The molecule has 20 heavy (non-hydrogen) atoms. The lowest BCUT2D eigenvalue weighted by Crippen LogP contribution is -2.33. The first-order valence-corrected chi connectivity index (χ1v) is 7.34. The summed E-state index contributed by atoms with van der Waals surface area (Å²) in [6.07, 6.45) is 3.35. The van der Waals surface area contributed by atoms with Crippen LogP contribution in [-0.4, -0.2) is 11.9 Å². The summed E-state index contributed by atoms with van der Waals surface area (Å²) >= 11 is 0. The van der Waals surface area contributed by atoms with Gasteiger partial charge in [0.1, 0.15) is 0 Å². The molecule has 0 radical (unpaired) electrons. The van der Waals surface area contributed by atoms with E-state index in [-0.39, 0.29) is 5.91 Å². The highest BCUT2D eigenvalue weighted by atomic mass is 16.1. The summed E-state index contributed by atoms with van der Waals surface area (Å²) < 4.78 is 0. The molecule has 0 spiro atoms. The van der Waals surface area contributed by atoms with E-state index in [1.54, 1.807) is 0 Å². The second-order valence-electron chi connectivity index (χ2n) is 6.60. The fourth-order valence-electron chi connectivity index (χ4n) is 3.25. The minimum atomic E-state index is 0.0597. The van der Waals surface area contributed by atoms with E-state index in [2.05, 4.69) is 19.2 Å². The van der Waals surface area contributed by atoms with Crippen LogP contribution in [0.5, 0.6) is 0 Å². The number of hydrogen-bond acceptors (Lipinski definition) is 1. The number of fused-ring (bicyclic) bond motifs is 1. The van der Waals surface area contributed by atoms with Crippen LogP contribution < -0.4 is 5.32 Å². The molecule has 1 unspecified atom stereocenters. The molecule has 0 bridgehead atoms. The smallest absolute Gasteiger partial charge is 0.252 e. The Kier molecular flexibility index (Phi) is 3.25. The van der Waals surface area contributed by atoms with E-state index in [0.29, 0.717) is 11.5 Å².